The van der Waals surface area contributed by atoms with Gasteiger partial charge in [0.2, 0.25) is 11.8 Å². The molecular weight excluding hydrogens is 372 g/mol. The van der Waals surface area contributed by atoms with Crippen molar-refractivity contribution in [3.8, 4) is 0 Å². The predicted octanol–water partition coefficient (Wildman–Crippen LogP) is 1.75. The number of aliphatic hydroxyl groups is 1. The van der Waals surface area contributed by atoms with Crippen LogP contribution in [0.1, 0.15) is 47.5 Å². The van der Waals surface area contributed by atoms with Crippen molar-refractivity contribution in [3.05, 3.63) is 12.2 Å². The minimum Gasteiger partial charge on any atom is -0.466 e. The largest absolute Gasteiger partial charge is 0.466 e. The van der Waals surface area contributed by atoms with Crippen LogP contribution in [0, 0.1) is 29.6 Å². The van der Waals surface area contributed by atoms with Gasteiger partial charge in [-0.15, -0.1) is 0 Å². The molecule has 1 aliphatic carbocycles. The summed E-state index contributed by atoms with van der Waals surface area (Å²) < 4.78 is 5.26. The highest BCUT2D eigenvalue weighted by atomic mass is 16.5. The van der Waals surface area contributed by atoms with Gasteiger partial charge in [0.25, 0.3) is 0 Å². The lowest BCUT2D eigenvalue weighted by Crippen LogP contribution is -2.54. The second-order valence-corrected chi connectivity index (χ2v) is 8.45. The molecule has 0 aromatic rings. The molecule has 7 nitrogen and oxygen atoms in total. The summed E-state index contributed by atoms with van der Waals surface area (Å²) >= 11 is 0. The first-order valence-electron chi connectivity index (χ1n) is 10.9. The van der Waals surface area contributed by atoms with Crippen LogP contribution >= 0.6 is 0 Å². The van der Waals surface area contributed by atoms with Gasteiger partial charge in [0.1, 0.15) is 6.04 Å². The standard InChI is InChI=1S/C22H36N2O5/c1-6-8-11-23-20(26)19-15-10-9-14(5)17(22(28)29-7-2)18(15)21(27)24(19)16(12-25)13(3)4/h9-10,13-19,25H,6-8,11-12H2,1-5H3,(H,23,26)/t14-,15+,16+,17-,18+,19+/m1/s1. The third kappa shape index (κ3) is 4.65. The van der Waals surface area contributed by atoms with E-state index in [9.17, 15) is 19.5 Å². The van der Waals surface area contributed by atoms with Crippen LogP contribution in [0.3, 0.4) is 0 Å². The van der Waals surface area contributed by atoms with Crippen LogP contribution < -0.4 is 5.32 Å². The molecule has 1 heterocycles. The number of carbonyl (C=O) groups excluding carboxylic acids is 3. The van der Waals surface area contributed by atoms with Gasteiger partial charge in [0.15, 0.2) is 0 Å². The Morgan fingerprint density at radius 3 is 2.52 bits per heavy atom. The number of hydrogen-bond acceptors (Lipinski definition) is 5. The van der Waals surface area contributed by atoms with Gasteiger partial charge in [-0.1, -0.05) is 46.3 Å². The van der Waals surface area contributed by atoms with Crippen molar-refractivity contribution in [1.29, 1.82) is 0 Å². The maximum Gasteiger partial charge on any atom is 0.310 e. The van der Waals surface area contributed by atoms with E-state index in [-0.39, 0.29) is 36.9 Å². The zero-order valence-corrected chi connectivity index (χ0v) is 18.3. The number of allylic oxidation sites excluding steroid dienone is 1. The molecule has 0 bridgehead atoms. The van der Waals surface area contributed by atoms with Crippen LogP contribution in [0.5, 0.6) is 0 Å². The molecule has 0 saturated carbocycles. The Morgan fingerprint density at radius 1 is 1.28 bits per heavy atom. The SMILES string of the molecule is CCCCNC(=O)[C@@H]1[C@H]2C=C[C@@H](C)[C@@H](C(=O)OCC)[C@H]2C(=O)N1[C@@H](CO)C(C)C. The first-order valence-corrected chi connectivity index (χ1v) is 10.9. The summed E-state index contributed by atoms with van der Waals surface area (Å²) in [6.07, 6.45) is 5.62. The van der Waals surface area contributed by atoms with E-state index in [1.54, 1.807) is 6.92 Å². The number of likely N-dealkylation sites (tertiary alicyclic amines) is 1. The lowest BCUT2D eigenvalue weighted by molar-refractivity contribution is -0.156. The minimum absolute atomic E-state index is 0.0301. The fraction of sp³-hybridized carbons (Fsp3) is 0.773. The smallest absolute Gasteiger partial charge is 0.310 e. The zero-order chi connectivity index (χ0) is 21.7. The lowest BCUT2D eigenvalue weighted by atomic mass is 9.70. The molecule has 0 aromatic carbocycles. The highest BCUT2D eigenvalue weighted by molar-refractivity contribution is 5.96. The molecule has 164 valence electrons. The van der Waals surface area contributed by atoms with Crippen molar-refractivity contribution < 1.29 is 24.2 Å². The Bertz CT molecular complexity index is 633. The van der Waals surface area contributed by atoms with E-state index in [0.717, 1.165) is 12.8 Å². The summed E-state index contributed by atoms with van der Waals surface area (Å²) in [5.41, 5.74) is 0. The highest BCUT2D eigenvalue weighted by Crippen LogP contribution is 2.45. The van der Waals surface area contributed by atoms with Gasteiger partial charge in [-0.25, -0.2) is 0 Å². The summed E-state index contributed by atoms with van der Waals surface area (Å²) in [5, 5.41) is 12.9. The maximum atomic E-state index is 13.5. The van der Waals surface area contributed by atoms with Crippen molar-refractivity contribution in [2.75, 3.05) is 19.8 Å². The van der Waals surface area contributed by atoms with Gasteiger partial charge in [-0.05, 0) is 25.2 Å². The van der Waals surface area contributed by atoms with Crippen molar-refractivity contribution in [2.24, 2.45) is 29.6 Å². The molecule has 2 rings (SSSR count). The number of amides is 2. The van der Waals surface area contributed by atoms with E-state index in [1.165, 1.54) is 4.90 Å². The van der Waals surface area contributed by atoms with E-state index in [1.807, 2.05) is 39.8 Å². The van der Waals surface area contributed by atoms with Gasteiger partial charge in [-0.2, -0.15) is 0 Å². The first-order chi connectivity index (χ1) is 13.8. The first kappa shape index (κ1) is 23.4. The Hall–Kier alpha value is -1.89. The fourth-order valence-corrected chi connectivity index (χ4v) is 4.61. The number of fused-ring (bicyclic) bond motifs is 1. The number of nitrogens with one attached hydrogen (secondary N) is 1. The number of rotatable bonds is 9. The maximum absolute atomic E-state index is 13.5. The molecule has 0 aromatic heterocycles. The molecule has 0 unspecified atom stereocenters. The molecule has 2 aliphatic rings. The number of hydrogen-bond donors (Lipinski definition) is 2. The third-order valence-electron chi connectivity index (χ3n) is 6.18. The average Bonchev–Trinajstić information content (AvgIpc) is 2.95. The van der Waals surface area contributed by atoms with E-state index in [0.29, 0.717) is 6.54 Å². The zero-order valence-electron chi connectivity index (χ0n) is 18.3. The molecule has 0 radical (unpaired) electrons. The Balaban J connectivity index is 2.45. The summed E-state index contributed by atoms with van der Waals surface area (Å²) in [7, 11) is 0. The Kier molecular flexibility index (Phi) is 8.25. The molecule has 7 heteroatoms. The number of aliphatic hydroxyl groups excluding tert-OH is 1. The van der Waals surface area contributed by atoms with Crippen molar-refractivity contribution in [2.45, 2.75) is 59.5 Å². The van der Waals surface area contributed by atoms with Crippen LogP contribution in [0.15, 0.2) is 12.2 Å². The molecule has 29 heavy (non-hydrogen) atoms. The monoisotopic (exact) mass is 408 g/mol. The van der Waals surface area contributed by atoms with Crippen LogP contribution in [0.4, 0.5) is 0 Å². The molecule has 1 fully saturated rings. The van der Waals surface area contributed by atoms with Crippen molar-refractivity contribution >= 4 is 17.8 Å². The molecule has 0 spiro atoms. The van der Waals surface area contributed by atoms with Crippen LogP contribution in [-0.4, -0.2) is 59.6 Å². The quantitative estimate of drug-likeness (QED) is 0.344. The van der Waals surface area contributed by atoms with Crippen molar-refractivity contribution in [1.82, 2.24) is 10.2 Å². The normalized spacial score (nSPS) is 29.7. The Morgan fingerprint density at radius 2 is 1.97 bits per heavy atom. The number of unbranched alkanes of at least 4 members (excludes halogenated alkanes) is 1. The lowest BCUT2D eigenvalue weighted by Gasteiger charge is -2.35. The van der Waals surface area contributed by atoms with E-state index in [4.69, 9.17) is 4.74 Å². The van der Waals surface area contributed by atoms with Gasteiger partial charge in [0.05, 0.1) is 31.1 Å². The highest BCUT2D eigenvalue weighted by Gasteiger charge is 2.58. The van der Waals surface area contributed by atoms with Crippen LogP contribution in [-0.2, 0) is 19.1 Å². The number of esters is 1. The van der Waals surface area contributed by atoms with Gasteiger partial charge in [-0.3, -0.25) is 14.4 Å². The van der Waals surface area contributed by atoms with Gasteiger partial charge >= 0.3 is 5.97 Å². The van der Waals surface area contributed by atoms with Crippen molar-refractivity contribution in [3.63, 3.8) is 0 Å². The summed E-state index contributed by atoms with van der Waals surface area (Å²) in [5.74, 6) is -2.74. The molecule has 6 atom stereocenters. The summed E-state index contributed by atoms with van der Waals surface area (Å²) in [4.78, 5) is 40.9. The predicted molar refractivity (Wildman–Crippen MR) is 110 cm³/mol. The van der Waals surface area contributed by atoms with E-state index >= 15 is 0 Å². The molecule has 1 saturated heterocycles. The second-order valence-electron chi connectivity index (χ2n) is 8.45. The molecular formula is C22H36N2O5. The summed E-state index contributed by atoms with van der Waals surface area (Å²) in [6.45, 7) is 10.1. The number of ether oxygens (including phenoxy) is 1. The minimum atomic E-state index is -0.732. The fourth-order valence-electron chi connectivity index (χ4n) is 4.61. The topological polar surface area (TPSA) is 95.9 Å². The second kappa shape index (κ2) is 10.2. The van der Waals surface area contributed by atoms with E-state index < -0.39 is 35.8 Å². The van der Waals surface area contributed by atoms with Crippen LogP contribution in [0.2, 0.25) is 0 Å². The number of nitrogens with zero attached hydrogens (tertiary/aromatic N) is 1. The van der Waals surface area contributed by atoms with E-state index in [2.05, 4.69) is 5.32 Å². The average molecular weight is 409 g/mol. The molecule has 2 N–H and O–H groups in total. The van der Waals surface area contributed by atoms with Gasteiger partial charge in [0, 0.05) is 12.5 Å². The van der Waals surface area contributed by atoms with Crippen LogP contribution in [0.25, 0.3) is 0 Å². The summed E-state index contributed by atoms with van der Waals surface area (Å²) in [6, 6.07) is -1.22. The molecule has 2 amide bonds. The molecule has 1 aliphatic heterocycles. The number of carbonyl (C=O) groups is 3. The van der Waals surface area contributed by atoms with Gasteiger partial charge < -0.3 is 20.1 Å². The third-order valence-corrected chi connectivity index (χ3v) is 6.18. The Labute approximate surface area is 173 Å².